The van der Waals surface area contributed by atoms with Crippen LogP contribution in [0.2, 0.25) is 0 Å². The highest BCUT2D eigenvalue weighted by Gasteiger charge is 2.22. The fourth-order valence-corrected chi connectivity index (χ4v) is 3.69. The first-order valence-electron chi connectivity index (χ1n) is 8.38. The van der Waals surface area contributed by atoms with E-state index >= 15 is 0 Å². The van der Waals surface area contributed by atoms with E-state index in [2.05, 4.69) is 9.97 Å². The van der Waals surface area contributed by atoms with Crippen molar-refractivity contribution in [2.24, 2.45) is 0 Å². The second-order valence-corrected chi connectivity index (χ2v) is 7.12. The van der Waals surface area contributed by atoms with Crippen LogP contribution in [0.1, 0.15) is 19.4 Å². The van der Waals surface area contributed by atoms with Gasteiger partial charge < -0.3 is 4.90 Å². The Morgan fingerprint density at radius 3 is 2.56 bits per heavy atom. The van der Waals surface area contributed by atoms with Crippen LogP contribution < -0.4 is 0 Å². The number of thioether (sulfide) groups is 1. The molecule has 5 heteroatoms. The van der Waals surface area contributed by atoms with Gasteiger partial charge >= 0.3 is 0 Å². The molecular weight excluding hydrogens is 330 g/mol. The molecule has 3 aromatic rings. The van der Waals surface area contributed by atoms with Crippen LogP contribution in [0, 0.1) is 0 Å². The van der Waals surface area contributed by atoms with Crippen LogP contribution >= 0.6 is 11.8 Å². The number of nitrogens with zero attached hydrogens (tertiary/aromatic N) is 3. The molecule has 1 atom stereocenters. The molecule has 4 nitrogen and oxygen atoms in total. The van der Waals surface area contributed by atoms with E-state index in [9.17, 15) is 4.79 Å². The van der Waals surface area contributed by atoms with Gasteiger partial charge in [0.1, 0.15) is 11.4 Å². The SMILES string of the molecule is CCN(Cc1ccccc1)C(=O)C(C)Sc1ncnc2ccccc12. The van der Waals surface area contributed by atoms with Crippen molar-refractivity contribution in [1.82, 2.24) is 14.9 Å². The van der Waals surface area contributed by atoms with Crippen LogP contribution in [0.15, 0.2) is 66.0 Å². The molecule has 1 amide bonds. The number of para-hydroxylation sites is 1. The minimum Gasteiger partial charge on any atom is -0.338 e. The first-order valence-corrected chi connectivity index (χ1v) is 9.26. The van der Waals surface area contributed by atoms with E-state index in [4.69, 9.17) is 0 Å². The summed E-state index contributed by atoms with van der Waals surface area (Å²) in [5, 5.41) is 1.63. The summed E-state index contributed by atoms with van der Waals surface area (Å²) in [4.78, 5) is 23.4. The van der Waals surface area contributed by atoms with Crippen molar-refractivity contribution >= 4 is 28.6 Å². The molecule has 0 aliphatic heterocycles. The van der Waals surface area contributed by atoms with Crippen LogP contribution in [0.5, 0.6) is 0 Å². The lowest BCUT2D eigenvalue weighted by atomic mass is 10.2. The normalized spacial score (nSPS) is 12.1. The molecule has 0 N–H and O–H groups in total. The molecule has 0 aliphatic carbocycles. The van der Waals surface area contributed by atoms with Gasteiger partial charge in [-0.25, -0.2) is 9.97 Å². The lowest BCUT2D eigenvalue weighted by molar-refractivity contribution is -0.130. The topological polar surface area (TPSA) is 46.1 Å². The van der Waals surface area contributed by atoms with Gasteiger partial charge in [-0.15, -0.1) is 0 Å². The largest absolute Gasteiger partial charge is 0.338 e. The average Bonchev–Trinajstić information content (AvgIpc) is 2.66. The fourth-order valence-electron chi connectivity index (χ4n) is 2.70. The lowest BCUT2D eigenvalue weighted by Gasteiger charge is -2.24. The number of rotatable bonds is 6. The van der Waals surface area contributed by atoms with E-state index < -0.39 is 0 Å². The van der Waals surface area contributed by atoms with E-state index in [0.29, 0.717) is 13.1 Å². The summed E-state index contributed by atoms with van der Waals surface area (Å²) in [6.45, 7) is 5.27. The molecule has 0 aliphatic rings. The van der Waals surface area contributed by atoms with Crippen molar-refractivity contribution in [1.29, 1.82) is 0 Å². The van der Waals surface area contributed by atoms with Gasteiger partial charge in [0, 0.05) is 18.5 Å². The molecule has 0 saturated heterocycles. The molecule has 1 heterocycles. The Balaban J connectivity index is 1.74. The Labute approximate surface area is 152 Å². The summed E-state index contributed by atoms with van der Waals surface area (Å²) >= 11 is 1.49. The van der Waals surface area contributed by atoms with Crippen LogP contribution in [-0.4, -0.2) is 32.6 Å². The Bertz CT molecular complexity index is 848. The summed E-state index contributed by atoms with van der Waals surface area (Å²) in [6.07, 6.45) is 1.56. The Morgan fingerprint density at radius 2 is 1.80 bits per heavy atom. The molecular formula is C20H21N3OS. The van der Waals surface area contributed by atoms with Crippen molar-refractivity contribution in [2.45, 2.75) is 30.7 Å². The molecule has 0 spiro atoms. The van der Waals surface area contributed by atoms with Crippen LogP contribution in [0.4, 0.5) is 0 Å². The number of aromatic nitrogens is 2. The number of hydrogen-bond acceptors (Lipinski definition) is 4. The standard InChI is InChI=1S/C20H21N3OS/c1-3-23(13-16-9-5-4-6-10-16)20(24)15(2)25-19-17-11-7-8-12-18(17)21-14-22-19/h4-12,14-15H,3,13H2,1-2H3. The number of amides is 1. The maximum absolute atomic E-state index is 12.9. The number of hydrogen-bond donors (Lipinski definition) is 0. The summed E-state index contributed by atoms with van der Waals surface area (Å²) in [7, 11) is 0. The van der Waals surface area contributed by atoms with Crippen molar-refractivity contribution in [3.63, 3.8) is 0 Å². The summed E-state index contributed by atoms with van der Waals surface area (Å²) in [6, 6.07) is 18.0. The average molecular weight is 351 g/mol. The second-order valence-electron chi connectivity index (χ2n) is 5.79. The van der Waals surface area contributed by atoms with E-state index in [1.54, 1.807) is 6.33 Å². The minimum atomic E-state index is -0.207. The summed E-state index contributed by atoms with van der Waals surface area (Å²) in [5.41, 5.74) is 2.04. The zero-order valence-electron chi connectivity index (χ0n) is 14.4. The van der Waals surface area contributed by atoms with Crippen molar-refractivity contribution in [3.8, 4) is 0 Å². The van der Waals surface area contributed by atoms with Crippen molar-refractivity contribution < 1.29 is 4.79 Å². The van der Waals surface area contributed by atoms with E-state index in [1.807, 2.05) is 73.3 Å². The molecule has 0 radical (unpaired) electrons. The highest BCUT2D eigenvalue weighted by atomic mass is 32.2. The third-order valence-electron chi connectivity index (χ3n) is 4.05. The van der Waals surface area contributed by atoms with Gasteiger partial charge in [0.2, 0.25) is 5.91 Å². The predicted octanol–water partition coefficient (Wildman–Crippen LogP) is 4.16. The Morgan fingerprint density at radius 1 is 1.08 bits per heavy atom. The Hall–Kier alpha value is -2.40. The minimum absolute atomic E-state index is 0.124. The molecule has 0 saturated carbocycles. The quantitative estimate of drug-likeness (QED) is 0.494. The molecule has 2 aromatic carbocycles. The number of fused-ring (bicyclic) bond motifs is 1. The number of carbonyl (C=O) groups excluding carboxylic acids is 1. The molecule has 1 unspecified atom stereocenters. The third-order valence-corrected chi connectivity index (χ3v) is 5.16. The smallest absolute Gasteiger partial charge is 0.236 e. The summed E-state index contributed by atoms with van der Waals surface area (Å²) in [5.74, 6) is 0.124. The van der Waals surface area contributed by atoms with Crippen LogP contribution in [0.25, 0.3) is 10.9 Å². The maximum atomic E-state index is 12.9. The van der Waals surface area contributed by atoms with E-state index in [-0.39, 0.29) is 11.2 Å². The van der Waals surface area contributed by atoms with Crippen molar-refractivity contribution in [2.75, 3.05) is 6.54 Å². The molecule has 0 bridgehead atoms. The zero-order chi connectivity index (χ0) is 17.6. The molecule has 128 valence electrons. The first-order chi connectivity index (χ1) is 12.2. The first kappa shape index (κ1) is 17.4. The Kier molecular flexibility index (Phi) is 5.66. The molecule has 25 heavy (non-hydrogen) atoms. The highest BCUT2D eigenvalue weighted by molar-refractivity contribution is 8.00. The highest BCUT2D eigenvalue weighted by Crippen LogP contribution is 2.28. The predicted molar refractivity (Wildman–Crippen MR) is 102 cm³/mol. The zero-order valence-corrected chi connectivity index (χ0v) is 15.2. The molecule has 1 aromatic heterocycles. The van der Waals surface area contributed by atoms with Crippen molar-refractivity contribution in [3.05, 3.63) is 66.5 Å². The number of carbonyl (C=O) groups is 1. The third kappa shape index (κ3) is 4.17. The van der Waals surface area contributed by atoms with Gasteiger partial charge in [0.05, 0.1) is 10.8 Å². The van der Waals surface area contributed by atoms with Gasteiger partial charge in [0.15, 0.2) is 0 Å². The van der Waals surface area contributed by atoms with Gasteiger partial charge in [-0.3, -0.25) is 4.79 Å². The summed E-state index contributed by atoms with van der Waals surface area (Å²) < 4.78 is 0. The second kappa shape index (κ2) is 8.12. The molecule has 0 fully saturated rings. The van der Waals surface area contributed by atoms with E-state index in [1.165, 1.54) is 11.8 Å². The molecule has 3 rings (SSSR count). The van der Waals surface area contributed by atoms with Gasteiger partial charge in [-0.2, -0.15) is 0 Å². The van der Waals surface area contributed by atoms with Gasteiger partial charge in [0.25, 0.3) is 0 Å². The van der Waals surface area contributed by atoms with Crippen LogP contribution in [0.3, 0.4) is 0 Å². The van der Waals surface area contributed by atoms with Gasteiger partial charge in [-0.1, -0.05) is 60.3 Å². The fraction of sp³-hybridized carbons (Fsp3) is 0.250. The number of benzene rings is 2. The maximum Gasteiger partial charge on any atom is 0.236 e. The van der Waals surface area contributed by atoms with Crippen LogP contribution in [-0.2, 0) is 11.3 Å². The van der Waals surface area contributed by atoms with Gasteiger partial charge in [-0.05, 0) is 25.5 Å². The lowest BCUT2D eigenvalue weighted by Crippen LogP contribution is -2.36. The monoisotopic (exact) mass is 351 g/mol. The van der Waals surface area contributed by atoms with E-state index in [0.717, 1.165) is 21.5 Å².